The number of rotatable bonds is 18. The molecule has 1 aromatic heterocycles. The van der Waals surface area contributed by atoms with Crippen LogP contribution in [0.3, 0.4) is 0 Å². The fourth-order valence-electron chi connectivity index (χ4n) is 5.41. The Morgan fingerprint density at radius 1 is 0.867 bits per heavy atom. The van der Waals surface area contributed by atoms with Crippen LogP contribution >= 0.6 is 0 Å². The van der Waals surface area contributed by atoms with Crippen LogP contribution in [-0.2, 0) is 0 Å². The summed E-state index contributed by atoms with van der Waals surface area (Å²) in [5.41, 5.74) is 2.27. The Kier molecular flexibility index (Phi) is 12.7. The minimum Gasteiger partial charge on any atom is -0.506 e. The van der Waals surface area contributed by atoms with Crippen molar-refractivity contribution < 1.29 is 29.6 Å². The van der Waals surface area contributed by atoms with Gasteiger partial charge in [-0.1, -0.05) is 68.5 Å². The number of hydrogen-bond acceptors (Lipinski definition) is 7. The van der Waals surface area contributed by atoms with Gasteiger partial charge in [-0.25, -0.2) is 4.79 Å². The summed E-state index contributed by atoms with van der Waals surface area (Å²) >= 11 is 0. The van der Waals surface area contributed by atoms with Gasteiger partial charge < -0.3 is 40.4 Å². The lowest BCUT2D eigenvalue weighted by molar-refractivity contribution is 0.176. The number of hydrogen-bond donors (Lipinski definition) is 6. The highest BCUT2D eigenvalue weighted by molar-refractivity contribution is 5.87. The Morgan fingerprint density at radius 2 is 1.58 bits per heavy atom. The van der Waals surface area contributed by atoms with E-state index < -0.39 is 18.2 Å². The number of aliphatic hydroxyl groups excluding tert-OH is 1. The molecule has 0 fully saturated rings. The molecule has 1 heterocycles. The molecule has 0 radical (unpaired) electrons. The molecule has 1 amide bonds. The van der Waals surface area contributed by atoms with Gasteiger partial charge in [0.15, 0.2) is 0 Å². The van der Waals surface area contributed by atoms with Crippen LogP contribution in [0.4, 0.5) is 4.79 Å². The first-order valence-electron chi connectivity index (χ1n) is 15.5. The van der Waals surface area contributed by atoms with Crippen LogP contribution in [0.5, 0.6) is 17.2 Å². The monoisotopic (exact) mass is 617 g/mol. The number of carbonyl (C=O) groups is 1. The van der Waals surface area contributed by atoms with Crippen molar-refractivity contribution in [3.63, 3.8) is 0 Å². The van der Waals surface area contributed by atoms with Crippen molar-refractivity contribution in [2.75, 3.05) is 26.8 Å². The van der Waals surface area contributed by atoms with Gasteiger partial charge in [0.25, 0.3) is 0 Å². The summed E-state index contributed by atoms with van der Waals surface area (Å²) in [4.78, 5) is 25.7. The minimum atomic E-state index is -1.11. The highest BCUT2D eigenvalue weighted by Crippen LogP contribution is 2.31. The molecule has 0 saturated carbocycles. The van der Waals surface area contributed by atoms with Gasteiger partial charge in [-0.15, -0.1) is 0 Å². The van der Waals surface area contributed by atoms with E-state index in [1.165, 1.54) is 12.1 Å². The third-order valence-electron chi connectivity index (χ3n) is 7.74. The van der Waals surface area contributed by atoms with Gasteiger partial charge in [0.1, 0.15) is 17.2 Å². The predicted octanol–water partition coefficient (Wildman–Crippen LogP) is 6.03. The quantitative estimate of drug-likeness (QED) is 0.0740. The Hall–Kier alpha value is -4.54. The maximum absolute atomic E-state index is 11.6. The Morgan fingerprint density at radius 3 is 2.31 bits per heavy atom. The van der Waals surface area contributed by atoms with E-state index in [2.05, 4.69) is 15.6 Å². The van der Waals surface area contributed by atoms with Crippen molar-refractivity contribution in [3.8, 4) is 17.2 Å². The topological polar surface area (TPSA) is 153 Å². The van der Waals surface area contributed by atoms with E-state index in [1.807, 2.05) is 48.5 Å². The summed E-state index contributed by atoms with van der Waals surface area (Å²) in [5.74, 6) is 1.23. The number of aromatic hydroxyl groups is 1. The van der Waals surface area contributed by atoms with Gasteiger partial charge >= 0.3 is 6.09 Å². The second-order valence-corrected chi connectivity index (χ2v) is 11.1. The summed E-state index contributed by atoms with van der Waals surface area (Å²) < 4.78 is 11.5. The van der Waals surface area contributed by atoms with Gasteiger partial charge in [0.05, 0.1) is 31.4 Å². The first-order chi connectivity index (χ1) is 21.9. The molecule has 2 atom stereocenters. The number of fused-ring (bicyclic) bond motifs is 1. The van der Waals surface area contributed by atoms with E-state index in [4.69, 9.17) is 9.47 Å². The molecule has 45 heavy (non-hydrogen) atoms. The third-order valence-corrected chi connectivity index (χ3v) is 7.74. The second kappa shape index (κ2) is 17.1. The molecule has 4 aromatic rings. The van der Waals surface area contributed by atoms with E-state index in [9.17, 15) is 24.9 Å². The van der Waals surface area contributed by atoms with E-state index in [1.54, 1.807) is 19.2 Å². The number of aromatic amines is 1. The van der Waals surface area contributed by atoms with Gasteiger partial charge in [-0.3, -0.25) is 4.79 Å². The molecule has 240 valence electrons. The number of amides is 1. The van der Waals surface area contributed by atoms with Crippen molar-refractivity contribution >= 4 is 17.0 Å². The maximum atomic E-state index is 11.6. The van der Waals surface area contributed by atoms with E-state index in [0.29, 0.717) is 41.1 Å². The molecule has 0 bridgehead atoms. The number of pyridine rings is 1. The molecule has 3 aromatic carbocycles. The maximum Gasteiger partial charge on any atom is 0.405 e. The number of phenols is 1. The molecule has 10 nitrogen and oxygen atoms in total. The number of aromatic nitrogens is 1. The van der Waals surface area contributed by atoms with Crippen LogP contribution in [0.15, 0.2) is 77.6 Å². The first kappa shape index (κ1) is 33.4. The first-order valence-corrected chi connectivity index (χ1v) is 15.5. The fraction of sp³-hybridized carbons (Fsp3) is 0.371. The van der Waals surface area contributed by atoms with E-state index in [-0.39, 0.29) is 11.3 Å². The SMILES string of the molecule is COc1cc(OCCCCCCCCCNC[C@@H](O)c2ccc(O)c3[nH]c(=O)ccc23)cc(C(NC(=O)O)c2ccccc2)c1. The van der Waals surface area contributed by atoms with Crippen molar-refractivity contribution in [1.82, 2.24) is 15.6 Å². The molecule has 1 unspecified atom stereocenters. The number of aliphatic hydroxyl groups is 1. The van der Waals surface area contributed by atoms with Crippen molar-refractivity contribution in [2.45, 2.75) is 57.1 Å². The number of nitrogens with one attached hydrogen (secondary N) is 3. The van der Waals surface area contributed by atoms with Crippen molar-refractivity contribution in [2.24, 2.45) is 0 Å². The molecular formula is C35H43N3O7. The number of benzene rings is 3. The lowest BCUT2D eigenvalue weighted by Crippen LogP contribution is -2.27. The minimum absolute atomic E-state index is 0.0189. The largest absolute Gasteiger partial charge is 0.506 e. The Bertz CT molecular complexity index is 1580. The fourth-order valence-corrected chi connectivity index (χ4v) is 5.41. The normalized spacial score (nSPS) is 12.5. The van der Waals surface area contributed by atoms with Crippen molar-refractivity contribution in [1.29, 1.82) is 0 Å². The summed E-state index contributed by atoms with van der Waals surface area (Å²) in [5, 5.41) is 36.6. The molecule has 10 heteroatoms. The van der Waals surface area contributed by atoms with E-state index in [0.717, 1.165) is 62.6 Å². The molecule has 0 spiro atoms. The van der Waals surface area contributed by atoms with Crippen LogP contribution in [0.25, 0.3) is 10.9 Å². The number of carboxylic acid groups (broad SMARTS) is 1. The van der Waals surface area contributed by atoms with Crippen LogP contribution in [0, 0.1) is 0 Å². The van der Waals surface area contributed by atoms with E-state index >= 15 is 0 Å². The highest BCUT2D eigenvalue weighted by Gasteiger charge is 2.19. The molecule has 0 saturated heterocycles. The molecule has 4 rings (SSSR count). The number of ether oxygens (including phenoxy) is 2. The zero-order valence-electron chi connectivity index (χ0n) is 25.6. The van der Waals surface area contributed by atoms with Gasteiger partial charge in [-0.2, -0.15) is 0 Å². The number of phenolic OH excluding ortho intramolecular Hbond substituents is 1. The van der Waals surface area contributed by atoms with Crippen LogP contribution in [0.1, 0.15) is 73.8 Å². The zero-order valence-corrected chi connectivity index (χ0v) is 25.6. The number of H-pyrrole nitrogens is 1. The molecular weight excluding hydrogens is 574 g/mol. The van der Waals surface area contributed by atoms with Crippen LogP contribution in [0.2, 0.25) is 0 Å². The standard InChI is InChI=1S/C35H43N3O7/c1-44-26-20-25(33(38-35(42)43)24-12-8-7-9-13-24)21-27(22-26)45-19-11-6-4-2-3-5-10-18-36-23-31(40)28-14-16-30(39)34-29(28)15-17-32(41)37-34/h7-9,12-17,20-22,31,33,36,38-40H,2-6,10-11,18-19,23H2,1H3,(H,37,41)(H,42,43)/t31-,33?/m1/s1. The lowest BCUT2D eigenvalue weighted by Gasteiger charge is -2.20. The van der Waals surface area contributed by atoms with Crippen LogP contribution in [-0.4, -0.2) is 53.2 Å². The predicted molar refractivity (Wildman–Crippen MR) is 174 cm³/mol. The summed E-state index contributed by atoms with van der Waals surface area (Å²) in [7, 11) is 1.58. The average Bonchev–Trinajstić information content (AvgIpc) is 3.04. The Labute approximate surface area is 263 Å². The average molecular weight is 618 g/mol. The smallest absolute Gasteiger partial charge is 0.405 e. The molecule has 0 aliphatic heterocycles. The Balaban J connectivity index is 1.11. The highest BCUT2D eigenvalue weighted by atomic mass is 16.5. The molecule has 0 aliphatic carbocycles. The second-order valence-electron chi connectivity index (χ2n) is 11.1. The van der Waals surface area contributed by atoms with Gasteiger partial charge in [0, 0.05) is 24.1 Å². The van der Waals surface area contributed by atoms with Crippen molar-refractivity contribution in [3.05, 3.63) is 99.8 Å². The van der Waals surface area contributed by atoms with Gasteiger partial charge in [-0.05, 0) is 60.3 Å². The number of unbranched alkanes of at least 4 members (excludes halogenated alkanes) is 6. The summed E-state index contributed by atoms with van der Waals surface area (Å²) in [6, 6.07) is 20.5. The number of methoxy groups -OCH3 is 1. The third kappa shape index (κ3) is 9.99. The van der Waals surface area contributed by atoms with Gasteiger partial charge in [0.2, 0.25) is 5.56 Å². The summed E-state index contributed by atoms with van der Waals surface area (Å²) in [6.45, 7) is 1.75. The molecule has 6 N–H and O–H groups in total. The zero-order chi connectivity index (χ0) is 32.0. The van der Waals surface area contributed by atoms with Crippen LogP contribution < -0.4 is 25.7 Å². The summed E-state index contributed by atoms with van der Waals surface area (Å²) in [6.07, 6.45) is 5.62. The lowest BCUT2D eigenvalue weighted by atomic mass is 9.98. The molecule has 0 aliphatic rings.